The van der Waals surface area contributed by atoms with Gasteiger partial charge in [0.2, 0.25) is 0 Å². The van der Waals surface area contributed by atoms with Crippen LogP contribution in [-0.4, -0.2) is 27.4 Å². The van der Waals surface area contributed by atoms with Crippen molar-refractivity contribution in [2.45, 2.75) is 32.9 Å². The van der Waals surface area contributed by atoms with Crippen molar-refractivity contribution >= 4 is 5.91 Å². The maximum Gasteiger partial charge on any atom is 0.280 e. The quantitative estimate of drug-likeness (QED) is 0.819. The Kier molecular flexibility index (Phi) is 5.49. The molecule has 0 fully saturated rings. The Labute approximate surface area is 132 Å². The Morgan fingerprint density at radius 3 is 2.74 bits per heavy atom. The zero-order valence-electron chi connectivity index (χ0n) is 12.9. The molecule has 0 aliphatic heterocycles. The van der Waals surface area contributed by atoms with Crippen LogP contribution in [0.25, 0.3) is 0 Å². The lowest BCUT2D eigenvalue weighted by Gasteiger charge is -2.15. The lowest BCUT2D eigenvalue weighted by atomic mass is 10.1. The molecule has 126 valence electrons. The Morgan fingerprint density at radius 2 is 2.22 bits per heavy atom. The minimum Gasteiger partial charge on any atom is -0.467 e. The minimum absolute atomic E-state index is 0.108. The van der Waals surface area contributed by atoms with Gasteiger partial charge >= 0.3 is 0 Å². The monoisotopic (exact) mass is 327 g/mol. The summed E-state index contributed by atoms with van der Waals surface area (Å²) in [7, 11) is 0. The summed E-state index contributed by atoms with van der Waals surface area (Å²) in [5.74, 6) is -0.281. The first-order valence-electron chi connectivity index (χ1n) is 7.23. The molecule has 2 rings (SSSR count). The third kappa shape index (κ3) is 3.95. The third-order valence-electron chi connectivity index (χ3n) is 3.24. The molecule has 1 unspecified atom stereocenters. The van der Waals surface area contributed by atoms with Gasteiger partial charge in [-0.15, -0.1) is 0 Å². The van der Waals surface area contributed by atoms with Crippen LogP contribution in [0.3, 0.4) is 0 Å². The molecule has 2 aromatic rings. The van der Waals surface area contributed by atoms with E-state index in [1.54, 1.807) is 12.1 Å². The highest BCUT2D eigenvalue weighted by molar-refractivity contribution is 5.95. The second kappa shape index (κ2) is 7.36. The van der Waals surface area contributed by atoms with E-state index in [1.165, 1.54) is 6.26 Å². The van der Waals surface area contributed by atoms with Crippen LogP contribution in [0.4, 0.5) is 8.78 Å². The van der Waals surface area contributed by atoms with E-state index in [-0.39, 0.29) is 18.0 Å². The van der Waals surface area contributed by atoms with Gasteiger partial charge in [0.25, 0.3) is 12.3 Å². The minimum atomic E-state index is -2.83. The van der Waals surface area contributed by atoms with Gasteiger partial charge in [0.1, 0.15) is 17.5 Å². The molecule has 0 aromatic carbocycles. The average Bonchev–Trinajstić information content (AvgIpc) is 3.13. The number of amides is 1. The van der Waals surface area contributed by atoms with Crippen molar-refractivity contribution in [3.05, 3.63) is 41.6 Å². The molecule has 0 saturated heterocycles. The average molecular weight is 327 g/mol. The Morgan fingerprint density at radius 1 is 1.48 bits per heavy atom. The van der Waals surface area contributed by atoms with Crippen molar-refractivity contribution < 1.29 is 23.1 Å². The van der Waals surface area contributed by atoms with Crippen LogP contribution in [-0.2, 0) is 6.54 Å². The van der Waals surface area contributed by atoms with Gasteiger partial charge in [-0.2, -0.15) is 5.10 Å². The van der Waals surface area contributed by atoms with E-state index in [0.29, 0.717) is 5.76 Å². The van der Waals surface area contributed by atoms with Gasteiger partial charge in [-0.05, 0) is 18.1 Å². The van der Waals surface area contributed by atoms with Gasteiger partial charge < -0.3 is 14.8 Å². The molecule has 1 amide bonds. The van der Waals surface area contributed by atoms with Gasteiger partial charge in [0.05, 0.1) is 24.6 Å². The summed E-state index contributed by atoms with van der Waals surface area (Å²) in [5, 5.41) is 15.7. The molecule has 0 bridgehead atoms. The fourth-order valence-electron chi connectivity index (χ4n) is 2.22. The van der Waals surface area contributed by atoms with Gasteiger partial charge in [0, 0.05) is 6.54 Å². The van der Waals surface area contributed by atoms with Crippen LogP contribution in [0, 0.1) is 5.92 Å². The van der Waals surface area contributed by atoms with E-state index < -0.39 is 30.7 Å². The van der Waals surface area contributed by atoms with E-state index in [9.17, 15) is 18.7 Å². The van der Waals surface area contributed by atoms with Crippen LogP contribution < -0.4 is 5.32 Å². The van der Waals surface area contributed by atoms with Gasteiger partial charge in [0.15, 0.2) is 0 Å². The first-order valence-corrected chi connectivity index (χ1v) is 7.23. The summed E-state index contributed by atoms with van der Waals surface area (Å²) in [6.45, 7) is 3.61. The molecule has 23 heavy (non-hydrogen) atoms. The van der Waals surface area contributed by atoms with Crippen molar-refractivity contribution in [3.63, 3.8) is 0 Å². The fraction of sp³-hybridized carbons (Fsp3) is 0.467. The van der Waals surface area contributed by atoms with Crippen LogP contribution in [0.15, 0.2) is 29.0 Å². The summed E-state index contributed by atoms with van der Waals surface area (Å²) in [4.78, 5) is 12.3. The van der Waals surface area contributed by atoms with Crippen molar-refractivity contribution in [1.82, 2.24) is 15.1 Å². The van der Waals surface area contributed by atoms with E-state index in [4.69, 9.17) is 4.42 Å². The highest BCUT2D eigenvalue weighted by Gasteiger charge is 2.27. The number of aliphatic hydroxyl groups excluding tert-OH is 1. The topological polar surface area (TPSA) is 80.3 Å². The molecule has 2 N–H and O–H groups in total. The van der Waals surface area contributed by atoms with Crippen LogP contribution in [0.5, 0.6) is 0 Å². The lowest BCUT2D eigenvalue weighted by Crippen LogP contribution is -2.31. The van der Waals surface area contributed by atoms with Gasteiger partial charge in [-0.1, -0.05) is 13.8 Å². The van der Waals surface area contributed by atoms with Crippen LogP contribution >= 0.6 is 0 Å². The molecule has 0 spiro atoms. The molecule has 0 saturated carbocycles. The number of rotatable bonds is 7. The first-order chi connectivity index (χ1) is 10.9. The van der Waals surface area contributed by atoms with Gasteiger partial charge in [-0.25, -0.2) is 8.78 Å². The van der Waals surface area contributed by atoms with Crippen LogP contribution in [0.1, 0.15) is 48.1 Å². The number of nitrogens with zero attached hydrogens (tertiary/aromatic N) is 2. The highest BCUT2D eigenvalue weighted by atomic mass is 19.3. The zero-order chi connectivity index (χ0) is 17.0. The third-order valence-corrected chi connectivity index (χ3v) is 3.24. The van der Waals surface area contributed by atoms with Crippen molar-refractivity contribution in [1.29, 1.82) is 0 Å². The molecule has 2 aromatic heterocycles. The predicted molar refractivity (Wildman–Crippen MR) is 78.0 cm³/mol. The van der Waals surface area contributed by atoms with E-state index in [1.807, 2.05) is 13.8 Å². The predicted octanol–water partition coefficient (Wildman–Crippen LogP) is 2.53. The standard InChI is InChI=1S/C15H19F2N3O3/c1-9(2)7-20-13(14(16)17)10(6-18-20)15(22)19-11(8-21)12-4-3-5-23-12/h3-6,9,11,14,21H,7-8H2,1-2H3,(H,19,22). The Balaban J connectivity index is 2.23. The Hall–Kier alpha value is -2.22. The maximum absolute atomic E-state index is 13.3. The molecule has 2 heterocycles. The van der Waals surface area contributed by atoms with E-state index in [2.05, 4.69) is 10.4 Å². The molecule has 8 heteroatoms. The fourth-order valence-corrected chi connectivity index (χ4v) is 2.22. The number of carbonyl (C=O) groups is 1. The second-order valence-electron chi connectivity index (χ2n) is 5.54. The molecule has 0 aliphatic rings. The number of aliphatic hydroxyl groups is 1. The second-order valence-corrected chi connectivity index (χ2v) is 5.54. The Bertz CT molecular complexity index is 638. The number of hydrogen-bond donors (Lipinski definition) is 2. The summed E-state index contributed by atoms with van der Waals surface area (Å²) in [5.41, 5.74) is -0.627. The largest absolute Gasteiger partial charge is 0.467 e. The van der Waals surface area contributed by atoms with Crippen molar-refractivity contribution in [3.8, 4) is 0 Å². The zero-order valence-corrected chi connectivity index (χ0v) is 12.9. The molecule has 1 atom stereocenters. The number of carbonyl (C=O) groups excluding carboxylic acids is 1. The summed E-state index contributed by atoms with van der Waals surface area (Å²) in [6, 6.07) is 2.38. The first kappa shape index (κ1) is 17.1. The number of nitrogens with one attached hydrogen (secondary N) is 1. The van der Waals surface area contributed by atoms with E-state index in [0.717, 1.165) is 10.9 Å². The molecule has 6 nitrogen and oxygen atoms in total. The maximum atomic E-state index is 13.3. The molecule has 0 radical (unpaired) electrons. The smallest absolute Gasteiger partial charge is 0.280 e. The number of alkyl halides is 2. The summed E-state index contributed by atoms with van der Waals surface area (Å²) >= 11 is 0. The van der Waals surface area contributed by atoms with Gasteiger partial charge in [-0.3, -0.25) is 9.48 Å². The van der Waals surface area contributed by atoms with E-state index >= 15 is 0 Å². The number of halogens is 2. The number of hydrogen-bond acceptors (Lipinski definition) is 4. The summed E-state index contributed by atoms with van der Waals surface area (Å²) in [6.07, 6.45) is -0.307. The number of furan rings is 1. The lowest BCUT2D eigenvalue weighted by molar-refractivity contribution is 0.0890. The van der Waals surface area contributed by atoms with Crippen molar-refractivity contribution in [2.24, 2.45) is 5.92 Å². The normalized spacial score (nSPS) is 12.8. The molecule has 0 aliphatic carbocycles. The molecular formula is C15H19F2N3O3. The summed E-state index contributed by atoms with van der Waals surface area (Å²) < 4.78 is 32.9. The van der Waals surface area contributed by atoms with Crippen LogP contribution in [0.2, 0.25) is 0 Å². The molecular weight excluding hydrogens is 308 g/mol. The van der Waals surface area contributed by atoms with Crippen molar-refractivity contribution in [2.75, 3.05) is 6.61 Å². The SMILES string of the molecule is CC(C)Cn1ncc(C(=O)NC(CO)c2ccco2)c1C(F)F. The highest BCUT2D eigenvalue weighted by Crippen LogP contribution is 2.24. The number of aromatic nitrogens is 2.